The highest BCUT2D eigenvalue weighted by atomic mass is 16.1. The van der Waals surface area contributed by atoms with Crippen molar-refractivity contribution in [2.24, 2.45) is 5.73 Å². The number of ketones is 1. The zero-order chi connectivity index (χ0) is 11.2. The van der Waals surface area contributed by atoms with E-state index in [0.717, 1.165) is 12.0 Å². The van der Waals surface area contributed by atoms with E-state index in [-0.39, 0.29) is 17.2 Å². The zero-order valence-electron chi connectivity index (χ0n) is 9.50. The van der Waals surface area contributed by atoms with Gasteiger partial charge in [-0.1, -0.05) is 32.0 Å². The van der Waals surface area contributed by atoms with E-state index >= 15 is 0 Å². The van der Waals surface area contributed by atoms with Gasteiger partial charge in [-0.3, -0.25) is 4.79 Å². The van der Waals surface area contributed by atoms with Crippen LogP contribution < -0.4 is 5.73 Å². The summed E-state index contributed by atoms with van der Waals surface area (Å²) in [6, 6.07) is 5.55. The summed E-state index contributed by atoms with van der Waals surface area (Å²) in [7, 11) is 0. The zero-order valence-corrected chi connectivity index (χ0v) is 9.50. The fourth-order valence-corrected chi connectivity index (χ4v) is 2.72. The quantitative estimate of drug-likeness (QED) is 0.702. The number of hydrogen-bond donors (Lipinski definition) is 1. The molecule has 1 aromatic rings. The Labute approximate surface area is 90.5 Å². The Hall–Kier alpha value is -1.15. The van der Waals surface area contributed by atoms with Gasteiger partial charge in [0, 0.05) is 5.56 Å². The predicted molar refractivity (Wildman–Crippen MR) is 61.1 cm³/mol. The fourth-order valence-electron chi connectivity index (χ4n) is 2.72. The summed E-state index contributed by atoms with van der Waals surface area (Å²) in [5, 5.41) is 0. The van der Waals surface area contributed by atoms with E-state index in [4.69, 9.17) is 5.73 Å². The number of aryl methyl sites for hydroxylation is 1. The van der Waals surface area contributed by atoms with Crippen molar-refractivity contribution in [3.8, 4) is 0 Å². The Morgan fingerprint density at radius 3 is 2.73 bits per heavy atom. The third kappa shape index (κ3) is 1.49. The first-order valence-corrected chi connectivity index (χ1v) is 5.33. The number of carbonyl (C=O) groups excluding carboxylic acids is 1. The molecule has 1 aromatic carbocycles. The molecule has 0 spiro atoms. The molecule has 0 amide bonds. The Morgan fingerprint density at radius 1 is 1.40 bits per heavy atom. The predicted octanol–water partition coefficient (Wildman–Crippen LogP) is 2.19. The largest absolute Gasteiger partial charge is 0.321 e. The van der Waals surface area contributed by atoms with Crippen LogP contribution in [0.2, 0.25) is 0 Å². The van der Waals surface area contributed by atoms with Gasteiger partial charge in [0.05, 0.1) is 6.04 Å². The maximum absolute atomic E-state index is 11.9. The van der Waals surface area contributed by atoms with Gasteiger partial charge < -0.3 is 5.73 Å². The molecule has 2 rings (SSSR count). The molecule has 2 N–H and O–H groups in total. The van der Waals surface area contributed by atoms with E-state index in [9.17, 15) is 4.79 Å². The minimum absolute atomic E-state index is 0.00794. The van der Waals surface area contributed by atoms with Gasteiger partial charge in [0.25, 0.3) is 0 Å². The fraction of sp³-hybridized carbons (Fsp3) is 0.462. The topological polar surface area (TPSA) is 43.1 Å². The minimum Gasteiger partial charge on any atom is -0.321 e. The Kier molecular flexibility index (Phi) is 2.19. The summed E-state index contributed by atoms with van der Waals surface area (Å²) >= 11 is 0. The molecule has 2 nitrogen and oxygen atoms in total. The molecule has 0 bridgehead atoms. The second-order valence-electron chi connectivity index (χ2n) is 5.06. The molecule has 0 fully saturated rings. The van der Waals surface area contributed by atoms with Crippen molar-refractivity contribution in [1.82, 2.24) is 0 Å². The molecule has 1 unspecified atom stereocenters. The van der Waals surface area contributed by atoms with Crippen molar-refractivity contribution in [3.63, 3.8) is 0 Å². The second-order valence-corrected chi connectivity index (χ2v) is 5.06. The van der Waals surface area contributed by atoms with Gasteiger partial charge in [0.15, 0.2) is 5.78 Å². The first-order valence-electron chi connectivity index (χ1n) is 5.33. The minimum atomic E-state index is -0.339. The molecule has 1 atom stereocenters. The van der Waals surface area contributed by atoms with E-state index < -0.39 is 0 Å². The van der Waals surface area contributed by atoms with Crippen molar-refractivity contribution in [2.45, 2.75) is 38.6 Å². The van der Waals surface area contributed by atoms with Crippen LogP contribution >= 0.6 is 0 Å². The third-order valence-electron chi connectivity index (χ3n) is 3.28. The van der Waals surface area contributed by atoms with Crippen LogP contribution in [0.4, 0.5) is 0 Å². The highest BCUT2D eigenvalue weighted by molar-refractivity contribution is 6.03. The van der Waals surface area contributed by atoms with Gasteiger partial charge in [-0.05, 0) is 29.9 Å². The average molecular weight is 203 g/mol. The smallest absolute Gasteiger partial charge is 0.179 e. The molecule has 0 heterocycles. The van der Waals surface area contributed by atoms with E-state index in [1.165, 1.54) is 11.1 Å². The number of nitrogens with two attached hydrogens (primary N) is 1. The van der Waals surface area contributed by atoms with Crippen molar-refractivity contribution >= 4 is 5.78 Å². The van der Waals surface area contributed by atoms with Crippen LogP contribution in [0.3, 0.4) is 0 Å². The number of fused-ring (bicyclic) bond motifs is 1. The van der Waals surface area contributed by atoms with Crippen LogP contribution in [-0.2, 0) is 5.41 Å². The summed E-state index contributed by atoms with van der Waals surface area (Å²) in [5.74, 6) is 0.0908. The molecular formula is C13H17NO. The van der Waals surface area contributed by atoms with Gasteiger partial charge >= 0.3 is 0 Å². The Bertz CT molecular complexity index is 421. The molecule has 2 heteroatoms. The first kappa shape index (κ1) is 10.4. The highest BCUT2D eigenvalue weighted by Crippen LogP contribution is 2.37. The second kappa shape index (κ2) is 3.17. The molecule has 1 aliphatic carbocycles. The lowest BCUT2D eigenvalue weighted by Crippen LogP contribution is -2.43. The molecule has 0 aliphatic heterocycles. The van der Waals surface area contributed by atoms with Gasteiger partial charge in [0.1, 0.15) is 0 Å². The van der Waals surface area contributed by atoms with E-state index in [1.54, 1.807) is 0 Å². The molecule has 1 aliphatic rings. The normalized spacial score (nSPS) is 23.7. The Balaban J connectivity index is 2.70. The van der Waals surface area contributed by atoms with E-state index in [0.29, 0.717) is 0 Å². The molecule has 0 saturated carbocycles. The maximum Gasteiger partial charge on any atom is 0.179 e. The lowest BCUT2D eigenvalue weighted by molar-refractivity contribution is 0.0928. The summed E-state index contributed by atoms with van der Waals surface area (Å²) < 4.78 is 0. The van der Waals surface area contributed by atoms with Gasteiger partial charge in [-0.2, -0.15) is 0 Å². The van der Waals surface area contributed by atoms with E-state index in [1.807, 2.05) is 12.1 Å². The van der Waals surface area contributed by atoms with Crippen molar-refractivity contribution in [3.05, 3.63) is 34.9 Å². The number of rotatable bonds is 0. The van der Waals surface area contributed by atoms with Crippen LogP contribution in [0.5, 0.6) is 0 Å². The Morgan fingerprint density at radius 2 is 2.07 bits per heavy atom. The van der Waals surface area contributed by atoms with Gasteiger partial charge in [0.2, 0.25) is 0 Å². The standard InChI is InChI=1S/C13H17NO/c1-8-5-4-6-9-11(8)13(2,3)7-10(14)12(9)15/h4-6,10H,7,14H2,1-3H3. The summed E-state index contributed by atoms with van der Waals surface area (Å²) in [5.41, 5.74) is 9.07. The summed E-state index contributed by atoms with van der Waals surface area (Å²) in [6.45, 7) is 6.38. The molecule has 80 valence electrons. The SMILES string of the molecule is Cc1cccc2c1C(C)(C)CC(N)C2=O. The summed E-state index contributed by atoms with van der Waals surface area (Å²) in [6.07, 6.45) is 0.740. The van der Waals surface area contributed by atoms with Crippen molar-refractivity contribution in [2.75, 3.05) is 0 Å². The molecule has 0 aromatic heterocycles. The van der Waals surface area contributed by atoms with E-state index in [2.05, 4.69) is 26.8 Å². The van der Waals surface area contributed by atoms with Crippen molar-refractivity contribution < 1.29 is 4.79 Å². The van der Waals surface area contributed by atoms with Crippen LogP contribution in [-0.4, -0.2) is 11.8 Å². The average Bonchev–Trinajstić information content (AvgIpc) is 2.13. The first-order chi connectivity index (χ1) is 6.93. The lowest BCUT2D eigenvalue weighted by Gasteiger charge is -2.36. The lowest BCUT2D eigenvalue weighted by atomic mass is 9.69. The van der Waals surface area contributed by atoms with Crippen molar-refractivity contribution in [1.29, 1.82) is 0 Å². The number of Topliss-reactive ketones (excluding diaryl/α,β-unsaturated/α-hetero) is 1. The number of hydrogen-bond acceptors (Lipinski definition) is 2. The highest BCUT2D eigenvalue weighted by Gasteiger charge is 2.37. The summed E-state index contributed by atoms with van der Waals surface area (Å²) in [4.78, 5) is 11.9. The molecule has 0 radical (unpaired) electrons. The monoisotopic (exact) mass is 203 g/mol. The van der Waals surface area contributed by atoms with Crippen LogP contribution in [0.1, 0.15) is 41.8 Å². The number of benzene rings is 1. The van der Waals surface area contributed by atoms with Gasteiger partial charge in [-0.25, -0.2) is 0 Å². The molecule has 15 heavy (non-hydrogen) atoms. The van der Waals surface area contributed by atoms with Crippen LogP contribution in [0, 0.1) is 6.92 Å². The third-order valence-corrected chi connectivity index (χ3v) is 3.28. The molecule has 0 saturated heterocycles. The van der Waals surface area contributed by atoms with Gasteiger partial charge in [-0.15, -0.1) is 0 Å². The number of carbonyl (C=O) groups is 1. The van der Waals surface area contributed by atoms with Crippen LogP contribution in [0.25, 0.3) is 0 Å². The van der Waals surface area contributed by atoms with Crippen LogP contribution in [0.15, 0.2) is 18.2 Å². The molecular weight excluding hydrogens is 186 g/mol. The maximum atomic E-state index is 11.9.